The van der Waals surface area contributed by atoms with Crippen LogP contribution in [0.3, 0.4) is 0 Å². The Morgan fingerprint density at radius 2 is 1.94 bits per heavy atom. The number of hydrogen-bond donors (Lipinski definition) is 3. The van der Waals surface area contributed by atoms with Crippen LogP contribution in [0.25, 0.3) is 5.57 Å². The summed E-state index contributed by atoms with van der Waals surface area (Å²) in [6.45, 7) is 4.55. The van der Waals surface area contributed by atoms with Gasteiger partial charge in [-0.1, -0.05) is 26.0 Å². The molecule has 33 heavy (non-hydrogen) atoms. The first-order chi connectivity index (χ1) is 15.8. The third kappa shape index (κ3) is 5.19. The Kier molecular flexibility index (Phi) is 6.42. The van der Waals surface area contributed by atoms with Crippen LogP contribution >= 0.6 is 0 Å². The molecule has 2 aromatic rings. The maximum Gasteiger partial charge on any atom is 0.306 e. The molecule has 1 aromatic heterocycles. The van der Waals surface area contributed by atoms with Gasteiger partial charge in [0.15, 0.2) is 0 Å². The van der Waals surface area contributed by atoms with Gasteiger partial charge in [0, 0.05) is 17.4 Å². The highest BCUT2D eigenvalue weighted by Gasteiger charge is 2.28. The summed E-state index contributed by atoms with van der Waals surface area (Å²) in [5, 5.41) is 21.4. The number of nitrogens with zero attached hydrogens (tertiary/aromatic N) is 1. The highest BCUT2D eigenvalue weighted by Crippen LogP contribution is 2.42. The maximum atomic E-state index is 12.8. The summed E-state index contributed by atoms with van der Waals surface area (Å²) in [5.41, 5.74) is 5.32. The van der Waals surface area contributed by atoms with Crippen LogP contribution in [0.5, 0.6) is 0 Å². The van der Waals surface area contributed by atoms with Crippen molar-refractivity contribution in [3.05, 3.63) is 58.9 Å². The van der Waals surface area contributed by atoms with Crippen LogP contribution in [0.1, 0.15) is 91.9 Å². The van der Waals surface area contributed by atoms with Crippen molar-refractivity contribution >= 4 is 23.1 Å². The smallest absolute Gasteiger partial charge is 0.306 e. The number of carbonyl (C=O) groups is 2. The van der Waals surface area contributed by atoms with E-state index in [-0.39, 0.29) is 17.2 Å². The molecule has 1 heterocycles. The van der Waals surface area contributed by atoms with Crippen molar-refractivity contribution in [2.24, 2.45) is 11.3 Å². The molecule has 4 rings (SSSR count). The first kappa shape index (κ1) is 22.8. The molecule has 6 heteroatoms. The predicted molar refractivity (Wildman–Crippen MR) is 128 cm³/mol. The average Bonchev–Trinajstić information content (AvgIpc) is 3.29. The molecular weight excluding hydrogens is 414 g/mol. The Hall–Kier alpha value is -3.33. The number of H-pyrrole nitrogens is 1. The lowest BCUT2D eigenvalue weighted by Gasteiger charge is -2.30. The van der Waals surface area contributed by atoms with E-state index in [4.69, 9.17) is 5.26 Å². The molecule has 172 valence electrons. The first-order valence-corrected chi connectivity index (χ1v) is 11.7. The second-order valence-electron chi connectivity index (χ2n) is 10.2. The van der Waals surface area contributed by atoms with Crippen LogP contribution < -0.4 is 5.32 Å². The minimum Gasteiger partial charge on any atom is -0.481 e. The third-order valence-electron chi connectivity index (χ3n) is 7.21. The quantitative estimate of drug-likeness (QED) is 0.518. The monoisotopic (exact) mass is 445 g/mol. The normalized spacial score (nSPS) is 22.2. The standard InChI is InChI=1S/C27H31N3O3/c1-27(2)11-9-19(10-12-27)22-14-21(18-3-5-20(6-4-18)26(32)33)7-8-23(22)30-25(31)24-13-17(15-28)16-29-24/h7-9,13-14,16,18,20,29H,3-6,10-12H2,1-2H3,(H,30,31)(H,32,33). The SMILES string of the molecule is CC1(C)CC=C(c2cc(C3CCC(C(=O)O)CC3)ccc2NC(=O)c2cc(C#N)c[nH]2)CC1. The number of carboxylic acid groups (broad SMARTS) is 1. The average molecular weight is 446 g/mol. The lowest BCUT2D eigenvalue weighted by Crippen LogP contribution is -2.21. The summed E-state index contributed by atoms with van der Waals surface area (Å²) in [6, 6.07) is 9.81. The van der Waals surface area contributed by atoms with Gasteiger partial charge in [-0.3, -0.25) is 9.59 Å². The molecular formula is C27H31N3O3. The van der Waals surface area contributed by atoms with E-state index < -0.39 is 5.97 Å². The Labute approximate surface area is 194 Å². The van der Waals surface area contributed by atoms with Gasteiger partial charge < -0.3 is 15.4 Å². The van der Waals surface area contributed by atoms with Crippen LogP contribution in [0.4, 0.5) is 5.69 Å². The molecule has 0 radical (unpaired) electrons. The molecule has 0 atom stereocenters. The number of rotatable bonds is 5. The number of nitriles is 1. The van der Waals surface area contributed by atoms with Crippen LogP contribution in [0.15, 0.2) is 36.5 Å². The van der Waals surface area contributed by atoms with Crippen LogP contribution in [0.2, 0.25) is 0 Å². The molecule has 0 saturated heterocycles. The van der Waals surface area contributed by atoms with E-state index in [0.29, 0.717) is 30.0 Å². The third-order valence-corrected chi connectivity index (χ3v) is 7.21. The van der Waals surface area contributed by atoms with Gasteiger partial charge >= 0.3 is 5.97 Å². The van der Waals surface area contributed by atoms with Crippen molar-refractivity contribution in [1.82, 2.24) is 4.98 Å². The fourth-order valence-electron chi connectivity index (χ4n) is 4.97. The number of benzene rings is 1. The second kappa shape index (κ2) is 9.27. The molecule has 0 unspecified atom stereocenters. The van der Waals surface area contributed by atoms with E-state index in [2.05, 4.69) is 42.4 Å². The van der Waals surface area contributed by atoms with Gasteiger partial charge in [0.25, 0.3) is 5.91 Å². The number of nitrogens with one attached hydrogen (secondary N) is 2. The molecule has 1 amide bonds. The van der Waals surface area contributed by atoms with Crippen molar-refractivity contribution in [3.8, 4) is 6.07 Å². The molecule has 1 aromatic carbocycles. The molecule has 6 nitrogen and oxygen atoms in total. The summed E-state index contributed by atoms with van der Waals surface area (Å²) < 4.78 is 0. The van der Waals surface area contributed by atoms with Gasteiger partial charge in [-0.2, -0.15) is 5.26 Å². The zero-order chi connectivity index (χ0) is 23.6. The van der Waals surface area contributed by atoms with Gasteiger partial charge in [-0.05, 0) is 85.6 Å². The number of amides is 1. The van der Waals surface area contributed by atoms with E-state index in [0.717, 1.165) is 43.4 Å². The molecule has 0 bridgehead atoms. The Morgan fingerprint density at radius 3 is 2.55 bits per heavy atom. The number of aromatic amines is 1. The van der Waals surface area contributed by atoms with E-state index in [1.54, 1.807) is 6.07 Å². The summed E-state index contributed by atoms with van der Waals surface area (Å²) >= 11 is 0. The topological polar surface area (TPSA) is 106 Å². The summed E-state index contributed by atoms with van der Waals surface area (Å²) in [6.07, 6.45) is 10.00. The Morgan fingerprint density at radius 1 is 1.18 bits per heavy atom. The fraction of sp³-hybridized carbons (Fsp3) is 0.444. The summed E-state index contributed by atoms with van der Waals surface area (Å²) in [7, 11) is 0. The van der Waals surface area contributed by atoms with Crippen molar-refractivity contribution in [2.45, 2.75) is 64.7 Å². The van der Waals surface area contributed by atoms with Crippen molar-refractivity contribution in [3.63, 3.8) is 0 Å². The van der Waals surface area contributed by atoms with E-state index in [1.165, 1.54) is 17.3 Å². The predicted octanol–water partition coefficient (Wildman–Crippen LogP) is 6.09. The van der Waals surface area contributed by atoms with Gasteiger partial charge in [-0.15, -0.1) is 0 Å². The number of carboxylic acids is 1. The zero-order valence-corrected chi connectivity index (χ0v) is 19.3. The second-order valence-corrected chi connectivity index (χ2v) is 10.2. The molecule has 0 aliphatic heterocycles. The van der Waals surface area contributed by atoms with Crippen LogP contribution in [-0.2, 0) is 4.79 Å². The van der Waals surface area contributed by atoms with Gasteiger partial charge in [0.2, 0.25) is 0 Å². The maximum absolute atomic E-state index is 12.8. The summed E-state index contributed by atoms with van der Waals surface area (Å²) in [5.74, 6) is -0.858. The summed E-state index contributed by atoms with van der Waals surface area (Å²) in [4.78, 5) is 27.0. The minimum absolute atomic E-state index is 0.235. The number of carbonyl (C=O) groups excluding carboxylic acids is 1. The van der Waals surface area contributed by atoms with Gasteiger partial charge in [0.1, 0.15) is 11.8 Å². The van der Waals surface area contributed by atoms with Crippen molar-refractivity contribution < 1.29 is 14.7 Å². The first-order valence-electron chi connectivity index (χ1n) is 11.7. The highest BCUT2D eigenvalue weighted by molar-refractivity contribution is 6.04. The number of hydrogen-bond acceptors (Lipinski definition) is 3. The Balaban J connectivity index is 1.62. The van der Waals surface area contributed by atoms with Crippen LogP contribution in [0, 0.1) is 22.7 Å². The molecule has 0 spiro atoms. The van der Waals surface area contributed by atoms with E-state index in [9.17, 15) is 14.7 Å². The van der Waals surface area contributed by atoms with Crippen molar-refractivity contribution in [2.75, 3.05) is 5.32 Å². The number of anilines is 1. The molecule has 1 fully saturated rings. The van der Waals surface area contributed by atoms with E-state index in [1.807, 2.05) is 12.1 Å². The Bertz CT molecular complexity index is 1130. The lowest BCUT2D eigenvalue weighted by atomic mass is 9.75. The molecule has 2 aliphatic rings. The lowest BCUT2D eigenvalue weighted by molar-refractivity contribution is -0.142. The number of aliphatic carboxylic acids is 1. The largest absolute Gasteiger partial charge is 0.481 e. The fourth-order valence-corrected chi connectivity index (χ4v) is 4.97. The van der Waals surface area contributed by atoms with Gasteiger partial charge in [-0.25, -0.2) is 0 Å². The number of allylic oxidation sites excluding steroid dienone is 2. The molecule has 2 aliphatic carbocycles. The van der Waals surface area contributed by atoms with Crippen molar-refractivity contribution in [1.29, 1.82) is 5.26 Å². The zero-order valence-electron chi connectivity index (χ0n) is 19.3. The minimum atomic E-state index is -0.689. The van der Waals surface area contributed by atoms with E-state index >= 15 is 0 Å². The molecule has 1 saturated carbocycles. The molecule has 3 N–H and O–H groups in total. The van der Waals surface area contributed by atoms with Gasteiger partial charge in [0.05, 0.1) is 11.5 Å². The van der Waals surface area contributed by atoms with Crippen LogP contribution in [-0.4, -0.2) is 22.0 Å². The highest BCUT2D eigenvalue weighted by atomic mass is 16.4. The number of aromatic nitrogens is 1.